The molecule has 1 nitrogen and oxygen atoms in total. The Morgan fingerprint density at radius 1 is 1.06 bits per heavy atom. The summed E-state index contributed by atoms with van der Waals surface area (Å²) in [4.78, 5) is 11.4. The Morgan fingerprint density at radius 3 is 2.44 bits per heavy atom. The lowest BCUT2D eigenvalue weighted by Crippen LogP contribution is -1.97. The maximum atomic E-state index is 13.6. The van der Waals surface area contributed by atoms with E-state index in [2.05, 4.69) is 0 Å². The van der Waals surface area contributed by atoms with E-state index in [1.807, 2.05) is 6.92 Å². The van der Waals surface area contributed by atoms with Gasteiger partial charge in [0.25, 0.3) is 0 Å². The molecule has 0 saturated heterocycles. The van der Waals surface area contributed by atoms with Crippen molar-refractivity contribution in [1.29, 1.82) is 0 Å². The monoisotopic (exact) mass is 246 g/mol. The van der Waals surface area contributed by atoms with Gasteiger partial charge in [-0.25, -0.2) is 8.78 Å². The quantitative estimate of drug-likeness (QED) is 0.728. The van der Waals surface area contributed by atoms with Crippen LogP contribution in [-0.4, -0.2) is 5.78 Å². The van der Waals surface area contributed by atoms with Gasteiger partial charge in [-0.3, -0.25) is 4.79 Å². The van der Waals surface area contributed by atoms with Crippen molar-refractivity contribution < 1.29 is 13.6 Å². The molecule has 0 N–H and O–H groups in total. The summed E-state index contributed by atoms with van der Waals surface area (Å²) in [7, 11) is 0. The van der Waals surface area contributed by atoms with Crippen LogP contribution in [0.15, 0.2) is 36.4 Å². The van der Waals surface area contributed by atoms with E-state index in [0.29, 0.717) is 11.1 Å². The molecule has 2 aromatic carbocycles. The first-order chi connectivity index (χ1) is 8.49. The molecule has 0 aliphatic carbocycles. The van der Waals surface area contributed by atoms with E-state index in [-0.39, 0.29) is 11.3 Å². The average Bonchev–Trinajstić information content (AvgIpc) is 2.33. The second-order valence-corrected chi connectivity index (χ2v) is 4.21. The van der Waals surface area contributed by atoms with Crippen molar-refractivity contribution in [3.05, 3.63) is 59.2 Å². The zero-order chi connectivity index (χ0) is 13.3. The van der Waals surface area contributed by atoms with Gasteiger partial charge in [0.1, 0.15) is 11.6 Å². The summed E-state index contributed by atoms with van der Waals surface area (Å²) in [5, 5.41) is 0. The Bertz CT molecular complexity index is 618. The van der Waals surface area contributed by atoms with Gasteiger partial charge in [-0.1, -0.05) is 12.1 Å². The number of aryl methyl sites for hydroxylation is 1. The van der Waals surface area contributed by atoms with Crippen molar-refractivity contribution in [3.63, 3.8) is 0 Å². The third-order valence-electron chi connectivity index (χ3n) is 2.86. The molecule has 0 heterocycles. The molecule has 0 amide bonds. The molecule has 2 rings (SSSR count). The Labute approximate surface area is 104 Å². The second kappa shape index (κ2) is 4.69. The van der Waals surface area contributed by atoms with Gasteiger partial charge in [-0.2, -0.15) is 0 Å². The van der Waals surface area contributed by atoms with Gasteiger partial charge in [-0.15, -0.1) is 0 Å². The molecule has 0 atom stereocenters. The van der Waals surface area contributed by atoms with Crippen LogP contribution >= 0.6 is 0 Å². The van der Waals surface area contributed by atoms with Gasteiger partial charge in [0.2, 0.25) is 0 Å². The minimum absolute atomic E-state index is 0.0915. The first-order valence-corrected chi connectivity index (χ1v) is 5.56. The summed E-state index contributed by atoms with van der Waals surface area (Å²) in [6, 6.07) is 8.28. The Morgan fingerprint density at radius 2 is 1.78 bits per heavy atom. The summed E-state index contributed by atoms with van der Waals surface area (Å²) in [6.07, 6.45) is 0. The molecule has 3 heteroatoms. The lowest BCUT2D eigenvalue weighted by atomic mass is 9.97. The minimum Gasteiger partial charge on any atom is -0.295 e. The van der Waals surface area contributed by atoms with Gasteiger partial charge < -0.3 is 0 Å². The van der Waals surface area contributed by atoms with Crippen LogP contribution in [0.25, 0.3) is 11.1 Å². The standard InChI is InChI=1S/C15H12F2O/c1-9-3-4-11(7-13(9)10(2)18)14-8-12(16)5-6-15(14)17/h3-8H,1-2H3. The van der Waals surface area contributed by atoms with E-state index in [4.69, 9.17) is 0 Å². The molecule has 0 bridgehead atoms. The van der Waals surface area contributed by atoms with Gasteiger partial charge in [0, 0.05) is 11.1 Å². The number of rotatable bonds is 2. The zero-order valence-electron chi connectivity index (χ0n) is 10.1. The number of Topliss-reactive ketones (excluding diaryl/α,β-unsaturated/α-hetero) is 1. The number of ketones is 1. The molecule has 0 aromatic heterocycles. The smallest absolute Gasteiger partial charge is 0.160 e. The van der Waals surface area contributed by atoms with Crippen LogP contribution in [0.4, 0.5) is 8.78 Å². The van der Waals surface area contributed by atoms with E-state index < -0.39 is 11.6 Å². The average molecular weight is 246 g/mol. The lowest BCUT2D eigenvalue weighted by Gasteiger charge is -2.08. The predicted octanol–water partition coefficient (Wildman–Crippen LogP) is 4.14. The number of carbonyl (C=O) groups excluding carboxylic acids is 1. The molecule has 92 valence electrons. The van der Waals surface area contributed by atoms with Crippen LogP contribution in [0.1, 0.15) is 22.8 Å². The summed E-state index contributed by atoms with van der Waals surface area (Å²) < 4.78 is 26.8. The van der Waals surface area contributed by atoms with Crippen molar-refractivity contribution in [3.8, 4) is 11.1 Å². The SMILES string of the molecule is CC(=O)c1cc(-c2cc(F)ccc2F)ccc1C. The topological polar surface area (TPSA) is 17.1 Å². The maximum absolute atomic E-state index is 13.6. The molecule has 18 heavy (non-hydrogen) atoms. The number of hydrogen-bond donors (Lipinski definition) is 0. The first-order valence-electron chi connectivity index (χ1n) is 5.56. The summed E-state index contributed by atoms with van der Waals surface area (Å²) in [5.74, 6) is -1.10. The fourth-order valence-electron chi connectivity index (χ4n) is 1.89. The summed E-state index contributed by atoms with van der Waals surface area (Å²) in [6.45, 7) is 3.26. The van der Waals surface area contributed by atoms with Gasteiger partial charge in [0.05, 0.1) is 0 Å². The molecule has 0 unspecified atom stereocenters. The molecule has 0 fully saturated rings. The molecule has 0 saturated carbocycles. The first kappa shape index (κ1) is 12.4. The molecule has 0 aliphatic heterocycles. The van der Waals surface area contributed by atoms with Crippen molar-refractivity contribution in [2.45, 2.75) is 13.8 Å². The summed E-state index contributed by atoms with van der Waals surface area (Å²) >= 11 is 0. The number of benzene rings is 2. The van der Waals surface area contributed by atoms with Crippen LogP contribution in [-0.2, 0) is 0 Å². The fraction of sp³-hybridized carbons (Fsp3) is 0.133. The molecule has 0 spiro atoms. The molecule has 0 radical (unpaired) electrons. The van der Waals surface area contributed by atoms with Crippen LogP contribution in [0, 0.1) is 18.6 Å². The highest BCUT2D eigenvalue weighted by atomic mass is 19.1. The van der Waals surface area contributed by atoms with Crippen molar-refractivity contribution >= 4 is 5.78 Å². The molecule has 2 aromatic rings. The second-order valence-electron chi connectivity index (χ2n) is 4.21. The number of halogens is 2. The van der Waals surface area contributed by atoms with E-state index in [0.717, 1.165) is 23.8 Å². The molecule has 0 aliphatic rings. The fourth-order valence-corrected chi connectivity index (χ4v) is 1.89. The Balaban J connectivity index is 2.61. The Kier molecular flexibility index (Phi) is 3.24. The van der Waals surface area contributed by atoms with E-state index in [1.165, 1.54) is 6.92 Å². The maximum Gasteiger partial charge on any atom is 0.160 e. The number of hydrogen-bond acceptors (Lipinski definition) is 1. The highest BCUT2D eigenvalue weighted by Crippen LogP contribution is 2.26. The van der Waals surface area contributed by atoms with Crippen molar-refractivity contribution in [2.75, 3.05) is 0 Å². The van der Waals surface area contributed by atoms with Crippen LogP contribution in [0.2, 0.25) is 0 Å². The van der Waals surface area contributed by atoms with Gasteiger partial charge >= 0.3 is 0 Å². The highest BCUT2D eigenvalue weighted by molar-refractivity contribution is 5.96. The van der Waals surface area contributed by atoms with Crippen molar-refractivity contribution in [2.24, 2.45) is 0 Å². The third-order valence-corrected chi connectivity index (χ3v) is 2.86. The highest BCUT2D eigenvalue weighted by Gasteiger charge is 2.10. The third kappa shape index (κ3) is 2.30. The normalized spacial score (nSPS) is 10.4. The minimum atomic E-state index is -0.505. The van der Waals surface area contributed by atoms with E-state index >= 15 is 0 Å². The van der Waals surface area contributed by atoms with Crippen LogP contribution in [0.5, 0.6) is 0 Å². The van der Waals surface area contributed by atoms with Crippen LogP contribution < -0.4 is 0 Å². The Hall–Kier alpha value is -2.03. The van der Waals surface area contributed by atoms with Gasteiger partial charge in [0.15, 0.2) is 5.78 Å². The predicted molar refractivity (Wildman–Crippen MR) is 66.5 cm³/mol. The molecular weight excluding hydrogens is 234 g/mol. The van der Waals surface area contributed by atoms with E-state index in [9.17, 15) is 13.6 Å². The number of carbonyl (C=O) groups is 1. The van der Waals surface area contributed by atoms with Crippen molar-refractivity contribution in [1.82, 2.24) is 0 Å². The zero-order valence-corrected chi connectivity index (χ0v) is 10.1. The lowest BCUT2D eigenvalue weighted by molar-refractivity contribution is 0.101. The summed E-state index contributed by atoms with van der Waals surface area (Å²) in [5.41, 5.74) is 2.01. The van der Waals surface area contributed by atoms with Crippen LogP contribution in [0.3, 0.4) is 0 Å². The van der Waals surface area contributed by atoms with E-state index in [1.54, 1.807) is 18.2 Å². The molecular formula is C15H12F2O. The largest absolute Gasteiger partial charge is 0.295 e. The van der Waals surface area contributed by atoms with Gasteiger partial charge in [-0.05, 0) is 49.2 Å².